The van der Waals surface area contributed by atoms with Gasteiger partial charge in [-0.05, 0) is 67.2 Å². The minimum Gasteiger partial charge on any atom is -0.460 e. The van der Waals surface area contributed by atoms with Crippen LogP contribution in [-0.2, 0) is 43.0 Å². The fraction of sp³-hybridized carbons (Fsp3) is 0.735. The summed E-state index contributed by atoms with van der Waals surface area (Å²) in [6.07, 6.45) is 3.60. The van der Waals surface area contributed by atoms with Gasteiger partial charge in [0.1, 0.15) is 11.2 Å². The number of esters is 1. The van der Waals surface area contributed by atoms with Gasteiger partial charge in [0.15, 0.2) is 0 Å². The molecule has 1 aliphatic rings. The van der Waals surface area contributed by atoms with E-state index in [0.29, 0.717) is 32.0 Å². The van der Waals surface area contributed by atoms with Gasteiger partial charge in [-0.25, -0.2) is 4.79 Å². The molecule has 0 saturated carbocycles. The third-order valence-electron chi connectivity index (χ3n) is 6.00. The van der Waals surface area contributed by atoms with Gasteiger partial charge in [0.05, 0.1) is 19.1 Å². The van der Waals surface area contributed by atoms with Gasteiger partial charge in [-0.15, -0.1) is 0 Å². The summed E-state index contributed by atoms with van der Waals surface area (Å²) in [4.78, 5) is 82.2. The van der Waals surface area contributed by atoms with Crippen LogP contribution in [0.2, 0.25) is 0 Å². The maximum absolute atomic E-state index is 12.2. The molecule has 0 fully saturated rings. The molecule has 0 bridgehead atoms. The second-order valence-corrected chi connectivity index (χ2v) is 14.0. The second-order valence-electron chi connectivity index (χ2n) is 14.0. The lowest BCUT2D eigenvalue weighted by molar-refractivity contribution is -0.152. The predicted molar refractivity (Wildman–Crippen MR) is 185 cm³/mol. The van der Waals surface area contributed by atoms with E-state index in [1.54, 1.807) is 14.1 Å². The maximum Gasteiger partial charge on any atom is 0.410 e. The molecule has 0 aromatic heterocycles. The highest BCUT2D eigenvalue weighted by molar-refractivity contribution is 6.13. The van der Waals surface area contributed by atoms with Crippen LogP contribution in [0.15, 0.2) is 12.2 Å². The summed E-state index contributed by atoms with van der Waals surface area (Å²) in [5, 5.41) is 2.77. The average molecular weight is 700 g/mol. The van der Waals surface area contributed by atoms with Gasteiger partial charge in [-0.1, -0.05) is 13.8 Å². The molecule has 1 rings (SSSR count). The second kappa shape index (κ2) is 23.4. The maximum atomic E-state index is 12.2. The van der Waals surface area contributed by atoms with Crippen molar-refractivity contribution in [2.75, 3.05) is 46.9 Å². The zero-order valence-electron chi connectivity index (χ0n) is 31.7. The molecule has 15 heteroatoms. The van der Waals surface area contributed by atoms with Crippen LogP contribution in [0.5, 0.6) is 0 Å². The number of hydrogen-bond acceptors (Lipinski definition) is 10. The number of primary amides is 1. The lowest BCUT2D eigenvalue weighted by atomic mass is 10.1. The van der Waals surface area contributed by atoms with E-state index in [-0.39, 0.29) is 73.3 Å². The van der Waals surface area contributed by atoms with Crippen LogP contribution < -0.4 is 11.1 Å². The number of likely N-dealkylation sites (N-methyl/N-ethyl adjacent to an activating group) is 1. The summed E-state index contributed by atoms with van der Waals surface area (Å²) >= 11 is 0. The third-order valence-corrected chi connectivity index (χ3v) is 6.00. The number of imide groups is 1. The first-order chi connectivity index (χ1) is 22.3. The van der Waals surface area contributed by atoms with Crippen molar-refractivity contribution in [3.8, 4) is 0 Å². The van der Waals surface area contributed by atoms with Gasteiger partial charge in [-0.3, -0.25) is 33.7 Å². The van der Waals surface area contributed by atoms with E-state index in [4.69, 9.17) is 19.9 Å². The first kappa shape index (κ1) is 47.1. The summed E-state index contributed by atoms with van der Waals surface area (Å²) in [7, 11) is 3.27. The Hall–Kier alpha value is -4.01. The van der Waals surface area contributed by atoms with E-state index in [9.17, 15) is 33.6 Å². The molecule has 0 saturated heterocycles. The number of hydrogen-bond donors (Lipinski definition) is 2. The molecular weight excluding hydrogens is 638 g/mol. The fourth-order valence-corrected chi connectivity index (χ4v) is 3.60. The van der Waals surface area contributed by atoms with Crippen LogP contribution in [-0.4, -0.2) is 120 Å². The van der Waals surface area contributed by atoms with E-state index < -0.39 is 11.5 Å². The molecule has 282 valence electrons. The van der Waals surface area contributed by atoms with Gasteiger partial charge in [0.2, 0.25) is 17.7 Å². The monoisotopic (exact) mass is 699 g/mol. The Morgan fingerprint density at radius 2 is 1.43 bits per heavy atom. The van der Waals surface area contributed by atoms with Crippen LogP contribution in [0.4, 0.5) is 4.79 Å². The van der Waals surface area contributed by atoms with Crippen molar-refractivity contribution >= 4 is 41.6 Å². The van der Waals surface area contributed by atoms with Crippen molar-refractivity contribution in [3.63, 3.8) is 0 Å². The lowest BCUT2D eigenvalue weighted by Crippen LogP contribution is -2.40. The molecule has 1 heterocycles. The minimum atomic E-state index is -0.534. The molecule has 1 unspecified atom stereocenters. The Balaban J connectivity index is 0. The molecule has 3 N–H and O–H groups in total. The van der Waals surface area contributed by atoms with Gasteiger partial charge >= 0.3 is 12.1 Å². The van der Waals surface area contributed by atoms with E-state index >= 15 is 0 Å². The van der Waals surface area contributed by atoms with Crippen molar-refractivity contribution in [3.05, 3.63) is 12.2 Å². The number of nitrogens with one attached hydrogen (secondary N) is 1. The Morgan fingerprint density at radius 1 is 0.898 bits per heavy atom. The normalized spacial score (nSPS) is 13.0. The SMILES string of the molecule is CC(=O)OC(C)(C)C.CC(C)CCOC(C)CC(=O)N(C)CC(=O)NCCCN(C)C(=O)OC(C)(C)C.NC(=O)CCN1C(=O)C=CC1=O. The topological polar surface area (TPSA) is 195 Å². The molecule has 0 radical (unpaired) electrons. The zero-order chi connectivity index (χ0) is 38.5. The number of amides is 6. The number of carbonyl (C=O) groups excluding carboxylic acids is 7. The quantitative estimate of drug-likeness (QED) is 0.146. The molecule has 6 amide bonds. The molecule has 0 spiro atoms. The Kier molecular flexibility index (Phi) is 22.5. The Morgan fingerprint density at radius 3 is 1.86 bits per heavy atom. The largest absolute Gasteiger partial charge is 0.460 e. The van der Waals surface area contributed by atoms with Gasteiger partial charge in [0, 0.05) is 65.8 Å². The number of rotatable bonds is 15. The van der Waals surface area contributed by atoms with Crippen LogP contribution in [0.25, 0.3) is 0 Å². The molecule has 15 nitrogen and oxygen atoms in total. The highest BCUT2D eigenvalue weighted by Gasteiger charge is 2.23. The summed E-state index contributed by atoms with van der Waals surface area (Å²) in [5.41, 5.74) is 3.99. The lowest BCUT2D eigenvalue weighted by Gasteiger charge is -2.24. The highest BCUT2D eigenvalue weighted by atomic mass is 16.6. The first-order valence-corrected chi connectivity index (χ1v) is 16.4. The molecule has 0 aromatic rings. The number of carbonyl (C=O) groups is 7. The van der Waals surface area contributed by atoms with Crippen LogP contribution in [0.3, 0.4) is 0 Å². The van der Waals surface area contributed by atoms with E-state index in [1.165, 1.54) is 28.9 Å². The summed E-state index contributed by atoms with van der Waals surface area (Å²) in [6, 6.07) is 0. The summed E-state index contributed by atoms with van der Waals surface area (Å²) in [6.45, 7) is 20.1. The predicted octanol–water partition coefficient (Wildman–Crippen LogP) is 2.79. The standard InChI is InChI=1S/C21H41N3O5.C7H8N2O3.C6H12O2/c1-16(2)10-13-28-17(3)14-19(26)24(8)15-18(25)22-11-9-12-23(7)20(27)29-21(4,5)6;8-5(10)3-4-9-6(11)1-2-7(9)12;1-5(7)8-6(2,3)4/h16-17H,9-15H2,1-8H3,(H,22,25);1-2H,3-4H2,(H2,8,10);1-4H3. The van der Waals surface area contributed by atoms with E-state index in [0.717, 1.165) is 11.3 Å². The van der Waals surface area contributed by atoms with E-state index in [1.807, 2.05) is 48.5 Å². The van der Waals surface area contributed by atoms with Crippen molar-refractivity contribution in [2.24, 2.45) is 11.7 Å². The summed E-state index contributed by atoms with van der Waals surface area (Å²) in [5.74, 6) is -1.31. The number of nitrogens with two attached hydrogens (primary N) is 1. The molecule has 49 heavy (non-hydrogen) atoms. The van der Waals surface area contributed by atoms with Gasteiger partial charge < -0.3 is 35.1 Å². The Bertz CT molecular complexity index is 1110. The van der Waals surface area contributed by atoms with Crippen LogP contribution in [0.1, 0.15) is 94.9 Å². The van der Waals surface area contributed by atoms with Crippen LogP contribution >= 0.6 is 0 Å². The molecular formula is C34H61N5O10. The minimum absolute atomic E-state index is 0.000543. The Labute approximate surface area is 292 Å². The van der Waals surface area contributed by atoms with Crippen LogP contribution in [0, 0.1) is 5.92 Å². The molecule has 1 atom stereocenters. The molecule has 0 aliphatic carbocycles. The summed E-state index contributed by atoms with van der Waals surface area (Å²) < 4.78 is 15.7. The number of ether oxygens (including phenoxy) is 3. The highest BCUT2D eigenvalue weighted by Crippen LogP contribution is 2.09. The van der Waals surface area contributed by atoms with Crippen molar-refractivity contribution in [1.29, 1.82) is 0 Å². The first-order valence-electron chi connectivity index (χ1n) is 16.4. The molecule has 0 aromatic carbocycles. The van der Waals surface area contributed by atoms with E-state index in [2.05, 4.69) is 19.2 Å². The van der Waals surface area contributed by atoms with Crippen molar-refractivity contribution in [2.45, 2.75) is 112 Å². The van der Waals surface area contributed by atoms with Crippen molar-refractivity contribution < 1.29 is 47.8 Å². The third kappa shape index (κ3) is 27.6. The molecule has 1 aliphatic heterocycles. The fourth-order valence-electron chi connectivity index (χ4n) is 3.60. The van der Waals surface area contributed by atoms with Crippen molar-refractivity contribution in [1.82, 2.24) is 20.0 Å². The number of nitrogens with zero attached hydrogens (tertiary/aromatic N) is 3. The average Bonchev–Trinajstić information content (AvgIpc) is 3.24. The zero-order valence-corrected chi connectivity index (χ0v) is 31.7. The van der Waals surface area contributed by atoms with Gasteiger partial charge in [-0.2, -0.15) is 0 Å². The smallest absolute Gasteiger partial charge is 0.410 e. The van der Waals surface area contributed by atoms with Gasteiger partial charge in [0.25, 0.3) is 11.8 Å².